The first kappa shape index (κ1) is 23.4. The number of anilines is 2. The summed E-state index contributed by atoms with van der Waals surface area (Å²) in [6.45, 7) is 1.07. The molecule has 5 rings (SSSR count). The molecule has 3 aliphatic rings. The number of nitrogens with one attached hydrogen (secondary N) is 1. The molecule has 1 amide bonds. The Labute approximate surface area is 198 Å². The number of nitro groups is 1. The van der Waals surface area contributed by atoms with E-state index in [9.17, 15) is 28.5 Å². The minimum atomic E-state index is -2.85. The minimum absolute atomic E-state index is 0.108. The quantitative estimate of drug-likeness (QED) is 0.476. The van der Waals surface area contributed by atoms with Gasteiger partial charge in [0.25, 0.3) is 17.2 Å². The van der Waals surface area contributed by atoms with E-state index in [0.29, 0.717) is 24.6 Å². The SMILES string of the molecule is O=C(Nc1cccn(C2CCC(F)(F)C2)c1=O)c1c(F)cc([N+](=O)[O-])cc1N1CCC2(CC1)CC2. The van der Waals surface area contributed by atoms with Crippen LogP contribution in [0.25, 0.3) is 0 Å². The Bertz CT molecular complexity index is 1250. The highest BCUT2D eigenvalue weighted by atomic mass is 19.3. The maximum atomic E-state index is 15.1. The second-order valence-corrected chi connectivity index (χ2v) is 9.91. The zero-order valence-corrected chi connectivity index (χ0v) is 18.9. The third-order valence-corrected chi connectivity index (χ3v) is 7.61. The van der Waals surface area contributed by atoms with Gasteiger partial charge in [0.05, 0.1) is 22.2 Å². The van der Waals surface area contributed by atoms with Crippen molar-refractivity contribution in [1.82, 2.24) is 4.57 Å². The van der Waals surface area contributed by atoms with Crippen molar-refractivity contribution in [3.8, 4) is 0 Å². The van der Waals surface area contributed by atoms with Crippen molar-refractivity contribution < 1.29 is 22.9 Å². The van der Waals surface area contributed by atoms with Gasteiger partial charge in [-0.05, 0) is 49.7 Å². The lowest BCUT2D eigenvalue weighted by Crippen LogP contribution is -2.36. The van der Waals surface area contributed by atoms with Crippen LogP contribution < -0.4 is 15.8 Å². The first-order valence-electron chi connectivity index (χ1n) is 11.7. The van der Waals surface area contributed by atoms with E-state index >= 15 is 4.39 Å². The molecule has 1 aromatic heterocycles. The van der Waals surface area contributed by atoms with E-state index in [-0.39, 0.29) is 29.8 Å². The Kier molecular flexibility index (Phi) is 5.60. The minimum Gasteiger partial charge on any atom is -0.371 e. The second kappa shape index (κ2) is 8.39. The third-order valence-electron chi connectivity index (χ3n) is 7.61. The highest BCUT2D eigenvalue weighted by molar-refractivity contribution is 6.08. The number of carbonyl (C=O) groups excluding carboxylic acids is 1. The fourth-order valence-electron chi connectivity index (χ4n) is 5.30. The zero-order chi connectivity index (χ0) is 25.0. The number of carbonyl (C=O) groups is 1. The number of halogens is 3. The molecule has 1 aliphatic heterocycles. The molecule has 8 nitrogen and oxygen atoms in total. The Morgan fingerprint density at radius 2 is 1.86 bits per heavy atom. The van der Waals surface area contributed by atoms with Crippen molar-refractivity contribution in [2.75, 3.05) is 23.3 Å². The average molecular weight is 490 g/mol. The van der Waals surface area contributed by atoms with Crippen LogP contribution in [0.3, 0.4) is 0 Å². The summed E-state index contributed by atoms with van der Waals surface area (Å²) in [5.74, 6) is -4.84. The van der Waals surface area contributed by atoms with E-state index in [0.717, 1.165) is 25.7 Å². The predicted molar refractivity (Wildman–Crippen MR) is 123 cm³/mol. The van der Waals surface area contributed by atoms with Gasteiger partial charge in [0, 0.05) is 44.2 Å². The van der Waals surface area contributed by atoms with E-state index in [1.54, 1.807) is 4.90 Å². The molecule has 2 aliphatic carbocycles. The lowest BCUT2D eigenvalue weighted by Gasteiger charge is -2.34. The van der Waals surface area contributed by atoms with E-state index < -0.39 is 46.3 Å². The summed E-state index contributed by atoms with van der Waals surface area (Å²) < 4.78 is 43.6. The molecule has 2 aromatic rings. The van der Waals surface area contributed by atoms with Crippen LogP contribution in [0.4, 0.5) is 30.2 Å². The number of nitrogens with zero attached hydrogens (tertiary/aromatic N) is 3. The van der Waals surface area contributed by atoms with E-state index in [2.05, 4.69) is 5.32 Å². The van der Waals surface area contributed by atoms with Crippen molar-refractivity contribution in [3.05, 3.63) is 62.3 Å². The number of piperidine rings is 1. The van der Waals surface area contributed by atoms with Gasteiger partial charge in [-0.15, -0.1) is 0 Å². The molecule has 0 radical (unpaired) electrons. The molecule has 2 heterocycles. The predicted octanol–water partition coefficient (Wildman–Crippen LogP) is 4.89. The number of alkyl halides is 2. The van der Waals surface area contributed by atoms with Gasteiger partial charge in [0.15, 0.2) is 0 Å². The summed E-state index contributed by atoms with van der Waals surface area (Å²) in [5.41, 5.74) is -1.29. The van der Waals surface area contributed by atoms with Crippen LogP contribution >= 0.6 is 0 Å². The molecule has 0 bridgehead atoms. The maximum absolute atomic E-state index is 15.1. The number of non-ortho nitro benzene ring substituents is 1. The second-order valence-electron chi connectivity index (χ2n) is 9.91. The normalized spacial score (nSPS) is 22.3. The van der Waals surface area contributed by atoms with Gasteiger partial charge in [-0.3, -0.25) is 19.7 Å². The summed E-state index contributed by atoms with van der Waals surface area (Å²) in [5, 5.41) is 13.8. The molecule has 11 heteroatoms. The first-order valence-corrected chi connectivity index (χ1v) is 11.7. The standard InChI is InChI=1S/C24H25F3N4O4/c25-17-12-16(31(34)35)13-19(29-10-7-23(5-6-23)8-11-29)20(17)21(32)28-18-2-1-9-30(22(18)33)15-3-4-24(26,27)14-15/h1-2,9,12-13,15H,3-8,10-11,14H2,(H,28,32). The largest absolute Gasteiger partial charge is 0.371 e. The monoisotopic (exact) mass is 490 g/mol. The number of pyridine rings is 1. The number of rotatable bonds is 5. The Morgan fingerprint density at radius 1 is 1.14 bits per heavy atom. The summed E-state index contributed by atoms with van der Waals surface area (Å²) in [7, 11) is 0. The lowest BCUT2D eigenvalue weighted by molar-refractivity contribution is -0.385. The number of nitro benzene ring substituents is 1. The number of hydrogen-bond acceptors (Lipinski definition) is 5. The smallest absolute Gasteiger partial charge is 0.274 e. The summed E-state index contributed by atoms with van der Waals surface area (Å²) in [4.78, 5) is 38.5. The highest BCUT2D eigenvalue weighted by Gasteiger charge is 2.45. The van der Waals surface area contributed by atoms with Crippen molar-refractivity contribution in [2.24, 2.45) is 5.41 Å². The van der Waals surface area contributed by atoms with E-state index in [1.165, 1.54) is 29.0 Å². The molecule has 1 saturated heterocycles. The van der Waals surface area contributed by atoms with Crippen LogP contribution in [-0.2, 0) is 0 Å². The van der Waals surface area contributed by atoms with Crippen LogP contribution in [0, 0.1) is 21.3 Å². The number of amides is 1. The summed E-state index contributed by atoms with van der Waals surface area (Å²) in [6, 6.07) is 3.95. The topological polar surface area (TPSA) is 97.5 Å². The van der Waals surface area contributed by atoms with E-state index in [1.807, 2.05) is 0 Å². The molecule has 1 N–H and O–H groups in total. The molecule has 2 saturated carbocycles. The van der Waals surface area contributed by atoms with Gasteiger partial charge < -0.3 is 14.8 Å². The third kappa shape index (κ3) is 4.51. The van der Waals surface area contributed by atoms with Crippen LogP contribution in [0.5, 0.6) is 0 Å². The Balaban J connectivity index is 1.45. The molecule has 186 valence electrons. The van der Waals surface area contributed by atoms with Crippen molar-refractivity contribution in [2.45, 2.75) is 56.9 Å². The van der Waals surface area contributed by atoms with Crippen molar-refractivity contribution in [3.63, 3.8) is 0 Å². The molecule has 1 unspecified atom stereocenters. The highest BCUT2D eigenvalue weighted by Crippen LogP contribution is 2.54. The van der Waals surface area contributed by atoms with Gasteiger partial charge in [0.1, 0.15) is 11.5 Å². The van der Waals surface area contributed by atoms with Crippen LogP contribution in [0.15, 0.2) is 35.3 Å². The van der Waals surface area contributed by atoms with Gasteiger partial charge in [0.2, 0.25) is 5.92 Å². The van der Waals surface area contributed by atoms with Crippen molar-refractivity contribution in [1.29, 1.82) is 0 Å². The first-order chi connectivity index (χ1) is 16.6. The molecule has 1 spiro atoms. The summed E-state index contributed by atoms with van der Waals surface area (Å²) in [6.07, 6.45) is 4.69. The van der Waals surface area contributed by atoms with Crippen molar-refractivity contribution >= 4 is 23.0 Å². The van der Waals surface area contributed by atoms with Crippen LogP contribution in [0.2, 0.25) is 0 Å². The Morgan fingerprint density at radius 3 is 2.46 bits per heavy atom. The van der Waals surface area contributed by atoms with Gasteiger partial charge in [-0.25, -0.2) is 13.2 Å². The molecule has 1 aromatic carbocycles. The fraction of sp³-hybridized carbons (Fsp3) is 0.500. The summed E-state index contributed by atoms with van der Waals surface area (Å²) >= 11 is 0. The lowest BCUT2D eigenvalue weighted by atomic mass is 9.93. The molecule has 35 heavy (non-hydrogen) atoms. The molecular weight excluding hydrogens is 465 g/mol. The zero-order valence-electron chi connectivity index (χ0n) is 18.9. The van der Waals surface area contributed by atoms with Gasteiger partial charge >= 0.3 is 0 Å². The fourth-order valence-corrected chi connectivity index (χ4v) is 5.30. The number of aromatic nitrogens is 1. The van der Waals surface area contributed by atoms with Crippen LogP contribution in [-0.4, -0.2) is 34.4 Å². The van der Waals surface area contributed by atoms with Crippen LogP contribution in [0.1, 0.15) is 61.3 Å². The molecular formula is C24H25F3N4O4. The van der Waals surface area contributed by atoms with E-state index in [4.69, 9.17) is 0 Å². The number of hydrogen-bond donors (Lipinski definition) is 1. The Hall–Kier alpha value is -3.37. The average Bonchev–Trinajstić information content (AvgIpc) is 3.46. The molecule has 3 fully saturated rings. The van der Waals surface area contributed by atoms with Gasteiger partial charge in [-0.2, -0.15) is 0 Å². The van der Waals surface area contributed by atoms with Gasteiger partial charge in [-0.1, -0.05) is 0 Å². The maximum Gasteiger partial charge on any atom is 0.274 e. The number of benzene rings is 1. The molecule has 1 atom stereocenters.